The van der Waals surface area contributed by atoms with Crippen LogP contribution in [0.25, 0.3) is 0 Å². The standard InChI is InChI=1S/C16H15ClN2O4.C2H6/c17-12-7-11(13(18)4-5-16(21)22)14(20)8-15(12)23-9-10-3-1-2-6-19-10;1-2/h1-3,6-8,18,20H,4-5,9H2,(H,21,22);1-2H3. The zero-order chi connectivity index (χ0) is 18.8. The molecule has 2 aromatic rings. The summed E-state index contributed by atoms with van der Waals surface area (Å²) in [7, 11) is 0. The van der Waals surface area contributed by atoms with Crippen molar-refractivity contribution >= 4 is 23.3 Å². The average molecular weight is 365 g/mol. The molecule has 0 fully saturated rings. The number of aromatic nitrogens is 1. The first-order valence-corrected chi connectivity index (χ1v) is 8.20. The quantitative estimate of drug-likeness (QED) is 0.636. The largest absolute Gasteiger partial charge is 0.507 e. The summed E-state index contributed by atoms with van der Waals surface area (Å²) in [5.74, 6) is -0.916. The molecule has 134 valence electrons. The third-order valence-electron chi connectivity index (χ3n) is 3.07. The number of carbonyl (C=O) groups is 1. The maximum absolute atomic E-state index is 10.5. The van der Waals surface area contributed by atoms with E-state index in [1.807, 2.05) is 19.9 Å². The van der Waals surface area contributed by atoms with Gasteiger partial charge in [0.05, 0.1) is 17.1 Å². The molecule has 1 aromatic carbocycles. The number of phenols is 1. The molecule has 25 heavy (non-hydrogen) atoms. The normalized spacial score (nSPS) is 9.72. The number of aromatic hydroxyl groups is 1. The van der Waals surface area contributed by atoms with Crippen LogP contribution in [0.5, 0.6) is 11.5 Å². The average Bonchev–Trinajstić information content (AvgIpc) is 2.62. The van der Waals surface area contributed by atoms with E-state index in [1.165, 1.54) is 12.1 Å². The summed E-state index contributed by atoms with van der Waals surface area (Å²) in [4.78, 5) is 14.7. The molecule has 0 saturated heterocycles. The Balaban J connectivity index is 0.00000151. The van der Waals surface area contributed by atoms with Gasteiger partial charge in [-0.25, -0.2) is 0 Å². The zero-order valence-electron chi connectivity index (χ0n) is 14.1. The predicted octanol–water partition coefficient (Wildman–Crippen LogP) is 4.28. The van der Waals surface area contributed by atoms with Crippen molar-refractivity contribution in [3.63, 3.8) is 0 Å². The number of hydrogen-bond acceptors (Lipinski definition) is 5. The van der Waals surface area contributed by atoms with Crippen LogP contribution in [0.1, 0.15) is 37.9 Å². The van der Waals surface area contributed by atoms with Crippen molar-refractivity contribution in [1.82, 2.24) is 4.98 Å². The molecule has 0 atom stereocenters. The van der Waals surface area contributed by atoms with Crippen LogP contribution < -0.4 is 4.74 Å². The number of halogens is 1. The van der Waals surface area contributed by atoms with Crippen LogP contribution in [0.3, 0.4) is 0 Å². The van der Waals surface area contributed by atoms with Crippen LogP contribution in [0.4, 0.5) is 0 Å². The van der Waals surface area contributed by atoms with Gasteiger partial charge in [0, 0.05) is 30.0 Å². The molecule has 2 rings (SSSR count). The van der Waals surface area contributed by atoms with Gasteiger partial charge in [-0.2, -0.15) is 0 Å². The molecule has 0 aliphatic carbocycles. The molecule has 1 aromatic heterocycles. The number of benzene rings is 1. The van der Waals surface area contributed by atoms with E-state index in [0.717, 1.165) is 0 Å². The Kier molecular flexibility index (Phi) is 8.43. The number of nitrogens with one attached hydrogen (secondary N) is 1. The van der Waals surface area contributed by atoms with Gasteiger partial charge in [0.2, 0.25) is 0 Å². The van der Waals surface area contributed by atoms with Gasteiger partial charge >= 0.3 is 5.97 Å². The number of pyridine rings is 1. The van der Waals surface area contributed by atoms with E-state index >= 15 is 0 Å². The van der Waals surface area contributed by atoms with E-state index in [2.05, 4.69) is 4.98 Å². The predicted molar refractivity (Wildman–Crippen MR) is 96.7 cm³/mol. The van der Waals surface area contributed by atoms with E-state index in [-0.39, 0.29) is 47.2 Å². The third kappa shape index (κ3) is 6.43. The van der Waals surface area contributed by atoms with Crippen molar-refractivity contribution in [3.8, 4) is 11.5 Å². The lowest BCUT2D eigenvalue weighted by Gasteiger charge is -2.12. The Morgan fingerprint density at radius 1 is 1.28 bits per heavy atom. The van der Waals surface area contributed by atoms with Gasteiger partial charge in [-0.3, -0.25) is 9.78 Å². The first-order chi connectivity index (χ1) is 12.0. The van der Waals surface area contributed by atoms with Crippen molar-refractivity contribution in [2.45, 2.75) is 33.3 Å². The van der Waals surface area contributed by atoms with Crippen LogP contribution in [-0.4, -0.2) is 26.9 Å². The number of rotatable bonds is 7. The summed E-state index contributed by atoms with van der Waals surface area (Å²) in [6.07, 6.45) is 1.46. The fraction of sp³-hybridized carbons (Fsp3) is 0.278. The van der Waals surface area contributed by atoms with Gasteiger partial charge in [-0.1, -0.05) is 31.5 Å². The van der Waals surface area contributed by atoms with Gasteiger partial charge in [0.1, 0.15) is 18.1 Å². The van der Waals surface area contributed by atoms with Crippen molar-refractivity contribution in [2.24, 2.45) is 0 Å². The maximum atomic E-state index is 10.5. The summed E-state index contributed by atoms with van der Waals surface area (Å²) in [6, 6.07) is 8.13. The van der Waals surface area contributed by atoms with Crippen LogP contribution >= 0.6 is 11.6 Å². The van der Waals surface area contributed by atoms with Gasteiger partial charge in [0.15, 0.2) is 0 Å². The molecule has 0 bridgehead atoms. The van der Waals surface area contributed by atoms with Crippen molar-refractivity contribution in [1.29, 1.82) is 5.41 Å². The highest BCUT2D eigenvalue weighted by Crippen LogP contribution is 2.33. The van der Waals surface area contributed by atoms with E-state index in [1.54, 1.807) is 18.3 Å². The minimum Gasteiger partial charge on any atom is -0.507 e. The second-order valence-corrected chi connectivity index (χ2v) is 5.19. The molecule has 0 aliphatic rings. The Labute approximate surface area is 151 Å². The van der Waals surface area contributed by atoms with Gasteiger partial charge in [-0.15, -0.1) is 0 Å². The third-order valence-corrected chi connectivity index (χ3v) is 3.36. The smallest absolute Gasteiger partial charge is 0.303 e. The number of aliphatic carboxylic acids is 1. The molecule has 0 spiro atoms. The van der Waals surface area contributed by atoms with E-state index in [9.17, 15) is 9.90 Å². The van der Waals surface area contributed by atoms with Crippen LogP contribution in [0, 0.1) is 5.41 Å². The van der Waals surface area contributed by atoms with Crippen molar-refractivity contribution in [2.75, 3.05) is 0 Å². The lowest BCUT2D eigenvalue weighted by molar-refractivity contribution is -0.136. The minimum atomic E-state index is -1.00. The molecule has 3 N–H and O–H groups in total. The molecule has 0 unspecified atom stereocenters. The Hall–Kier alpha value is -2.60. The van der Waals surface area contributed by atoms with Crippen molar-refractivity contribution < 1.29 is 19.7 Å². The second-order valence-electron chi connectivity index (χ2n) is 4.78. The number of phenolic OH excluding ortho intramolecular Hbond substituents is 1. The lowest BCUT2D eigenvalue weighted by atomic mass is 10.0. The summed E-state index contributed by atoms with van der Waals surface area (Å²) >= 11 is 6.10. The fourth-order valence-electron chi connectivity index (χ4n) is 1.90. The lowest BCUT2D eigenvalue weighted by Crippen LogP contribution is -2.05. The van der Waals surface area contributed by atoms with Gasteiger partial charge < -0.3 is 20.4 Å². The Bertz CT molecular complexity index is 721. The molecule has 0 radical (unpaired) electrons. The first kappa shape index (κ1) is 20.4. The zero-order valence-corrected chi connectivity index (χ0v) is 14.9. The summed E-state index contributed by atoms with van der Waals surface area (Å²) < 4.78 is 5.52. The molecule has 0 amide bonds. The minimum absolute atomic E-state index is 0.00285. The monoisotopic (exact) mass is 364 g/mol. The highest BCUT2D eigenvalue weighted by molar-refractivity contribution is 6.32. The van der Waals surface area contributed by atoms with Crippen LogP contribution in [-0.2, 0) is 11.4 Å². The topological polar surface area (TPSA) is 104 Å². The Morgan fingerprint density at radius 3 is 2.60 bits per heavy atom. The van der Waals surface area contributed by atoms with Gasteiger partial charge in [-0.05, 0) is 18.2 Å². The maximum Gasteiger partial charge on any atom is 0.303 e. The number of hydrogen-bond donors (Lipinski definition) is 3. The fourth-order valence-corrected chi connectivity index (χ4v) is 2.12. The molecule has 0 saturated carbocycles. The molecule has 1 heterocycles. The van der Waals surface area contributed by atoms with Crippen LogP contribution in [0.15, 0.2) is 36.5 Å². The first-order valence-electron chi connectivity index (χ1n) is 7.82. The Morgan fingerprint density at radius 2 is 2.00 bits per heavy atom. The van der Waals surface area contributed by atoms with E-state index < -0.39 is 5.97 Å². The van der Waals surface area contributed by atoms with Crippen molar-refractivity contribution in [3.05, 3.63) is 52.8 Å². The molecule has 0 aliphatic heterocycles. The summed E-state index contributed by atoms with van der Waals surface area (Å²) in [6.45, 7) is 4.19. The molecule has 7 heteroatoms. The number of carboxylic acids is 1. The number of carboxylic acid groups (broad SMARTS) is 1. The molecular formula is C18H21ClN2O4. The van der Waals surface area contributed by atoms with Crippen LogP contribution in [0.2, 0.25) is 5.02 Å². The molecule has 6 nitrogen and oxygen atoms in total. The summed E-state index contributed by atoms with van der Waals surface area (Å²) in [5.41, 5.74) is 0.908. The van der Waals surface area contributed by atoms with Gasteiger partial charge in [0.25, 0.3) is 0 Å². The SMILES string of the molecule is CC.N=C(CCC(=O)O)c1cc(Cl)c(OCc2ccccn2)cc1O. The van der Waals surface area contributed by atoms with E-state index in [0.29, 0.717) is 5.69 Å². The highest BCUT2D eigenvalue weighted by Gasteiger charge is 2.14. The number of ether oxygens (including phenoxy) is 1. The highest BCUT2D eigenvalue weighted by atomic mass is 35.5. The van der Waals surface area contributed by atoms with E-state index in [4.69, 9.17) is 26.9 Å². The second kappa shape index (κ2) is 10.3. The summed E-state index contributed by atoms with van der Waals surface area (Å²) in [5, 5.41) is 26.7. The molecular weight excluding hydrogens is 344 g/mol. The number of nitrogens with zero attached hydrogens (tertiary/aromatic N) is 1.